The SMILES string of the molecule is NCCCC[C@H](NC(=O)[C@H](Cc1cn(C=O)c2ccccc12)NC(=O)[C@H](CC(=O)O)NC(=O)[C@H](Cc1cnc[nH]1)NC(=O)[C@H](CO)NC(=O)[C@H](Cc1cn(C=O)c2ccccc12)NC(=O)[C@H](Cc1cnc[nH]1)NC(=O)[C@@H]1CCC(=O)N1)C(=O)N1CC=C[C@H]1C(=O)NCC(N)=O. The fourth-order valence-electron chi connectivity index (χ4n) is 11.1. The standard InChI is InChI=1S/C61H72N18O16/c62-16-6-5-10-40(61(95)79-17-7-13-49(79)60(94)66-25-50(63)83)70-54(88)41(18-33-26-77(31-81)47-11-3-1-8-37(33)47)72-58(92)45(22-52(85)86)75-57(91)44(21-36-24-65-30-68-36)74-59(93)46(28-80)76-55(89)42(19-34-27-78(32-82)48-12-4-2-9-38(34)48)71-56(90)43(20-35-23-64-29-67-35)73-53(87)39-14-15-51(84)69-39/h1-4,7-9,11-13,23-24,26-27,29-32,39-46,49,80H,5-6,10,14-22,25,28,62H2,(H2,63,83)(H,64,67)(H,65,68)(H,66,94)(H,69,84)(H,70,88)(H,71,90)(H,72,92)(H,73,87)(H,74,93)(H,75,91)(H,76,89)(H,85,86)/t39-,40-,41-,42-,43-,44-,45-,46-,49-/m0/s1. The zero-order valence-electron chi connectivity index (χ0n) is 51.0. The highest BCUT2D eigenvalue weighted by Gasteiger charge is 2.39. The Morgan fingerprint density at radius 2 is 1.12 bits per heavy atom. The maximum absolute atomic E-state index is 14.8. The summed E-state index contributed by atoms with van der Waals surface area (Å²) in [7, 11) is 0. The first-order valence-electron chi connectivity index (χ1n) is 30.2. The normalized spacial score (nSPS) is 16.4. The van der Waals surface area contributed by atoms with E-state index in [1.807, 2.05) is 0 Å². The fourth-order valence-corrected chi connectivity index (χ4v) is 11.1. The summed E-state index contributed by atoms with van der Waals surface area (Å²) in [5, 5.41) is 44.4. The average molecular weight is 1310 g/mol. The second kappa shape index (κ2) is 32.7. The van der Waals surface area contributed by atoms with Crippen molar-refractivity contribution in [3.05, 3.63) is 121 Å². The molecule has 2 aliphatic rings. The molecule has 17 N–H and O–H groups in total. The molecule has 2 aliphatic heterocycles. The smallest absolute Gasteiger partial charge is 0.305 e. The summed E-state index contributed by atoms with van der Waals surface area (Å²) >= 11 is 0. The first-order valence-corrected chi connectivity index (χ1v) is 30.2. The van der Waals surface area contributed by atoms with Gasteiger partial charge in [0, 0.05) is 85.6 Å². The molecule has 9 atom stereocenters. The van der Waals surface area contributed by atoms with E-state index in [1.165, 1.54) is 58.7 Å². The predicted octanol–water partition coefficient (Wildman–Crippen LogP) is -4.97. The van der Waals surface area contributed by atoms with Gasteiger partial charge in [-0.05, 0) is 55.5 Å². The minimum atomic E-state index is -2.05. The number of carbonyl (C=O) groups is 14. The highest BCUT2D eigenvalue weighted by Crippen LogP contribution is 2.24. The first kappa shape index (κ1) is 69.5. The summed E-state index contributed by atoms with van der Waals surface area (Å²) in [6.45, 7) is -1.57. The number of rotatable bonds is 35. The summed E-state index contributed by atoms with van der Waals surface area (Å²) in [5.74, 6) is -11.8. The zero-order chi connectivity index (χ0) is 68.3. The third-order valence-corrected chi connectivity index (χ3v) is 15.9. The second-order valence-corrected chi connectivity index (χ2v) is 22.5. The van der Waals surface area contributed by atoms with Crippen molar-refractivity contribution in [2.45, 2.75) is 119 Å². The fraction of sp³-hybridized carbons (Fsp3) is 0.377. The Labute approximate surface area is 539 Å². The highest BCUT2D eigenvalue weighted by molar-refractivity contribution is 6.01. The summed E-state index contributed by atoms with van der Waals surface area (Å²) in [6.07, 6.45) is 10.3. The number of hydrogen-bond acceptors (Lipinski definition) is 18. The van der Waals surface area contributed by atoms with Crippen molar-refractivity contribution in [2.75, 3.05) is 26.2 Å². The van der Waals surface area contributed by atoms with Gasteiger partial charge in [-0.25, -0.2) is 9.97 Å². The van der Waals surface area contributed by atoms with Gasteiger partial charge in [-0.2, -0.15) is 0 Å². The number of primary amides is 1. The Morgan fingerprint density at radius 1 is 0.632 bits per heavy atom. The molecule has 2 aromatic carbocycles. The largest absolute Gasteiger partial charge is 0.481 e. The van der Waals surface area contributed by atoms with Gasteiger partial charge in [-0.3, -0.25) is 76.3 Å². The summed E-state index contributed by atoms with van der Waals surface area (Å²) < 4.78 is 2.46. The summed E-state index contributed by atoms with van der Waals surface area (Å²) in [4.78, 5) is 204. The van der Waals surface area contributed by atoms with Gasteiger partial charge < -0.3 is 84.4 Å². The molecule has 0 aliphatic carbocycles. The molecule has 6 aromatic rings. The van der Waals surface area contributed by atoms with E-state index in [2.05, 4.69) is 67.8 Å². The van der Waals surface area contributed by atoms with Gasteiger partial charge in [0.25, 0.3) is 0 Å². The van der Waals surface area contributed by atoms with Gasteiger partial charge in [-0.15, -0.1) is 0 Å². The number of aromatic nitrogens is 6. The number of carboxylic acid groups (broad SMARTS) is 1. The van der Waals surface area contributed by atoms with Crippen molar-refractivity contribution in [3.8, 4) is 0 Å². The van der Waals surface area contributed by atoms with E-state index in [9.17, 15) is 77.3 Å². The number of hydrogen-bond donors (Lipinski definition) is 15. The Kier molecular flexibility index (Phi) is 23.9. The number of para-hydroxylation sites is 2. The molecule has 502 valence electrons. The number of aromatic amines is 2. The molecule has 4 aromatic heterocycles. The number of unbranched alkanes of at least 4 members (excludes halogenated alkanes) is 1. The van der Waals surface area contributed by atoms with Crippen LogP contribution < -0.4 is 59.3 Å². The van der Waals surface area contributed by atoms with E-state index in [0.717, 1.165) is 4.90 Å². The maximum atomic E-state index is 14.8. The molecule has 11 amide bonds. The van der Waals surface area contributed by atoms with Crippen LogP contribution in [-0.4, -0.2) is 209 Å². The minimum absolute atomic E-state index is 0.0363. The molecule has 34 nitrogen and oxygen atoms in total. The number of aliphatic carboxylic acids is 1. The summed E-state index contributed by atoms with van der Waals surface area (Å²) in [5.41, 5.74) is 13.1. The van der Waals surface area contributed by atoms with E-state index < -0.39 is 152 Å². The minimum Gasteiger partial charge on any atom is -0.481 e. The molecule has 0 unspecified atom stereocenters. The number of H-pyrrole nitrogens is 2. The van der Waals surface area contributed by atoms with Gasteiger partial charge in [-0.1, -0.05) is 48.6 Å². The molecule has 1 fully saturated rings. The molecular weight excluding hydrogens is 1240 g/mol. The van der Waals surface area contributed by atoms with E-state index >= 15 is 0 Å². The van der Waals surface area contributed by atoms with Crippen LogP contribution in [0.4, 0.5) is 0 Å². The highest BCUT2D eigenvalue weighted by atomic mass is 16.4. The Bertz CT molecular complexity index is 3860. The maximum Gasteiger partial charge on any atom is 0.305 e. The summed E-state index contributed by atoms with van der Waals surface area (Å²) in [6, 6.07) is -0.958. The molecule has 0 radical (unpaired) electrons. The number of carbonyl (C=O) groups excluding carboxylic acids is 13. The third kappa shape index (κ3) is 18.2. The predicted molar refractivity (Wildman–Crippen MR) is 334 cm³/mol. The van der Waals surface area contributed by atoms with Crippen molar-refractivity contribution < 1.29 is 77.3 Å². The quantitative estimate of drug-likeness (QED) is 0.0101. The Hall–Kier alpha value is -11.4. The van der Waals surface area contributed by atoms with E-state index in [0.29, 0.717) is 57.9 Å². The first-order chi connectivity index (χ1) is 45.7. The molecule has 1 saturated heterocycles. The van der Waals surface area contributed by atoms with Crippen LogP contribution in [0.15, 0.2) is 98.1 Å². The van der Waals surface area contributed by atoms with Crippen molar-refractivity contribution in [1.29, 1.82) is 0 Å². The van der Waals surface area contributed by atoms with Gasteiger partial charge in [0.05, 0.1) is 43.3 Å². The van der Waals surface area contributed by atoms with Gasteiger partial charge in [0.2, 0.25) is 77.8 Å². The monoisotopic (exact) mass is 1310 g/mol. The number of amides is 11. The topological polar surface area (TPSA) is 510 Å². The lowest BCUT2D eigenvalue weighted by atomic mass is 10.0. The lowest BCUT2D eigenvalue weighted by Gasteiger charge is -2.30. The van der Waals surface area contributed by atoms with Gasteiger partial charge in [0.15, 0.2) is 0 Å². The van der Waals surface area contributed by atoms with Crippen LogP contribution in [0.5, 0.6) is 0 Å². The number of nitrogens with two attached hydrogens (primary N) is 2. The van der Waals surface area contributed by atoms with E-state index in [4.69, 9.17) is 11.5 Å². The number of nitrogens with zero attached hydrogens (tertiary/aromatic N) is 5. The Morgan fingerprint density at radius 3 is 1.59 bits per heavy atom. The molecule has 8 rings (SSSR count). The van der Waals surface area contributed by atoms with Crippen LogP contribution in [0.25, 0.3) is 21.8 Å². The number of aliphatic hydroxyl groups is 1. The third-order valence-electron chi connectivity index (χ3n) is 15.9. The molecule has 0 bridgehead atoms. The van der Waals surface area contributed by atoms with Crippen molar-refractivity contribution in [1.82, 2.24) is 81.8 Å². The van der Waals surface area contributed by atoms with Crippen LogP contribution >= 0.6 is 0 Å². The van der Waals surface area contributed by atoms with Crippen LogP contribution in [0.3, 0.4) is 0 Å². The lowest BCUT2D eigenvalue weighted by Crippen LogP contribution is -2.61. The van der Waals surface area contributed by atoms with Crippen LogP contribution in [0, 0.1) is 0 Å². The van der Waals surface area contributed by atoms with Crippen molar-refractivity contribution >= 4 is 106 Å². The molecule has 0 spiro atoms. The van der Waals surface area contributed by atoms with Gasteiger partial charge >= 0.3 is 5.97 Å². The number of nitrogens with one attached hydrogen (secondary N) is 11. The van der Waals surface area contributed by atoms with Crippen LogP contribution in [-0.2, 0) is 92.8 Å². The van der Waals surface area contributed by atoms with Crippen LogP contribution in [0.1, 0.15) is 61.0 Å². The number of aliphatic hydroxyl groups excluding tert-OH is 1. The van der Waals surface area contributed by atoms with Crippen molar-refractivity contribution in [2.24, 2.45) is 11.5 Å². The van der Waals surface area contributed by atoms with E-state index in [1.54, 1.807) is 48.5 Å². The average Bonchev–Trinajstić information content (AvgIpc) is 1.68. The molecule has 0 saturated carbocycles. The number of benzene rings is 2. The van der Waals surface area contributed by atoms with Crippen LogP contribution in [0.2, 0.25) is 0 Å². The zero-order valence-corrected chi connectivity index (χ0v) is 51.0. The molecular formula is C61H72N18O16. The molecule has 95 heavy (non-hydrogen) atoms. The molecule has 6 heterocycles. The Balaban J connectivity index is 1.04. The number of imidazole rings is 2. The number of carboxylic acids is 1. The van der Waals surface area contributed by atoms with E-state index in [-0.39, 0.29) is 63.2 Å². The van der Waals surface area contributed by atoms with Crippen molar-refractivity contribution in [3.63, 3.8) is 0 Å². The number of fused-ring (bicyclic) bond motifs is 2. The lowest BCUT2D eigenvalue weighted by molar-refractivity contribution is -0.142. The molecule has 34 heteroatoms. The second-order valence-electron chi connectivity index (χ2n) is 22.5. The van der Waals surface area contributed by atoms with Gasteiger partial charge in [0.1, 0.15) is 54.4 Å².